The van der Waals surface area contributed by atoms with Crippen LogP contribution in [0.2, 0.25) is 0 Å². The number of rotatable bonds is 3. The van der Waals surface area contributed by atoms with Crippen molar-refractivity contribution in [2.75, 3.05) is 0 Å². The van der Waals surface area contributed by atoms with Crippen LogP contribution in [0.15, 0.2) is 10.9 Å². The van der Waals surface area contributed by atoms with Gasteiger partial charge in [-0.2, -0.15) is 0 Å². The van der Waals surface area contributed by atoms with Gasteiger partial charge in [0.2, 0.25) is 0 Å². The first kappa shape index (κ1) is 9.44. The van der Waals surface area contributed by atoms with E-state index in [2.05, 4.69) is 23.8 Å². The number of nitrogens with zero attached hydrogens (tertiary/aromatic N) is 1. The van der Waals surface area contributed by atoms with Crippen LogP contribution in [0.25, 0.3) is 0 Å². The van der Waals surface area contributed by atoms with Gasteiger partial charge in [0.25, 0.3) is 5.56 Å². The molecular weight excluding hydrogens is 176 g/mol. The number of nitrogens with one attached hydrogen (secondary N) is 1. The van der Waals surface area contributed by atoms with Crippen molar-refractivity contribution in [3.05, 3.63) is 27.9 Å². The first-order valence-corrected chi connectivity index (χ1v) is 5.31. The van der Waals surface area contributed by atoms with E-state index in [9.17, 15) is 4.79 Å². The molecule has 1 aliphatic rings. The van der Waals surface area contributed by atoms with E-state index in [1.807, 2.05) is 0 Å². The Morgan fingerprint density at radius 3 is 2.93 bits per heavy atom. The molecule has 0 aromatic carbocycles. The molecule has 1 aliphatic carbocycles. The molecule has 0 aliphatic heterocycles. The lowest BCUT2D eigenvalue weighted by Gasteiger charge is -2.01. The van der Waals surface area contributed by atoms with E-state index in [1.165, 1.54) is 6.42 Å². The third-order valence-electron chi connectivity index (χ3n) is 2.78. The molecule has 1 aromatic heterocycles. The van der Waals surface area contributed by atoms with Crippen LogP contribution >= 0.6 is 0 Å². The largest absolute Gasteiger partial charge is 0.310 e. The lowest BCUT2D eigenvalue weighted by Crippen LogP contribution is -2.12. The molecule has 0 bridgehead atoms. The summed E-state index contributed by atoms with van der Waals surface area (Å²) in [4.78, 5) is 18.6. The summed E-state index contributed by atoms with van der Waals surface area (Å²) in [6, 6.07) is 1.61. The van der Waals surface area contributed by atoms with Crippen molar-refractivity contribution in [3.63, 3.8) is 0 Å². The summed E-state index contributed by atoms with van der Waals surface area (Å²) < 4.78 is 0. The average Bonchev–Trinajstić information content (AvgIpc) is 2.82. The first-order chi connectivity index (χ1) is 6.70. The molecule has 1 heterocycles. The van der Waals surface area contributed by atoms with E-state index in [1.54, 1.807) is 6.07 Å². The van der Waals surface area contributed by atoms with Gasteiger partial charge in [-0.1, -0.05) is 20.3 Å². The van der Waals surface area contributed by atoms with Gasteiger partial charge in [0.1, 0.15) is 5.82 Å². The van der Waals surface area contributed by atoms with Crippen molar-refractivity contribution in [1.82, 2.24) is 9.97 Å². The highest BCUT2D eigenvalue weighted by molar-refractivity contribution is 5.12. The predicted molar refractivity (Wildman–Crippen MR) is 55.4 cm³/mol. The van der Waals surface area contributed by atoms with Crippen molar-refractivity contribution in [3.8, 4) is 0 Å². The van der Waals surface area contributed by atoms with Crippen molar-refractivity contribution in [1.29, 1.82) is 0 Å². The summed E-state index contributed by atoms with van der Waals surface area (Å²) in [5, 5.41) is 0. The third-order valence-corrected chi connectivity index (χ3v) is 2.78. The summed E-state index contributed by atoms with van der Waals surface area (Å²) in [5.41, 5.74) is 0.933. The van der Waals surface area contributed by atoms with Gasteiger partial charge in [0.05, 0.1) is 0 Å². The molecule has 1 aromatic rings. The molecule has 0 saturated heterocycles. The smallest absolute Gasteiger partial charge is 0.251 e. The molecule has 2 rings (SSSR count). The van der Waals surface area contributed by atoms with Crippen LogP contribution in [0.5, 0.6) is 0 Å². The van der Waals surface area contributed by atoms with Gasteiger partial charge in [-0.05, 0) is 18.8 Å². The minimum absolute atomic E-state index is 0.00227. The van der Waals surface area contributed by atoms with E-state index in [4.69, 9.17) is 0 Å². The Kier molecular flexibility index (Phi) is 2.40. The van der Waals surface area contributed by atoms with Crippen LogP contribution in [0, 0.1) is 5.92 Å². The van der Waals surface area contributed by atoms with Crippen molar-refractivity contribution < 1.29 is 0 Å². The summed E-state index contributed by atoms with van der Waals surface area (Å²) in [7, 11) is 0. The van der Waals surface area contributed by atoms with Gasteiger partial charge in [-0.25, -0.2) is 4.98 Å². The van der Waals surface area contributed by atoms with Crippen molar-refractivity contribution >= 4 is 0 Å². The zero-order chi connectivity index (χ0) is 10.1. The van der Waals surface area contributed by atoms with E-state index in [0.717, 1.165) is 24.4 Å². The topological polar surface area (TPSA) is 45.8 Å². The number of hydrogen-bond acceptors (Lipinski definition) is 2. The van der Waals surface area contributed by atoms with E-state index < -0.39 is 0 Å². The average molecular weight is 192 g/mol. The van der Waals surface area contributed by atoms with Gasteiger partial charge in [-0.3, -0.25) is 4.79 Å². The van der Waals surface area contributed by atoms with E-state index >= 15 is 0 Å². The summed E-state index contributed by atoms with van der Waals surface area (Å²) in [6.07, 6.45) is 3.10. The molecule has 1 fully saturated rings. The molecule has 2 unspecified atom stereocenters. The molecule has 1 saturated carbocycles. The molecule has 0 radical (unpaired) electrons. The highest BCUT2D eigenvalue weighted by Crippen LogP contribution is 2.44. The van der Waals surface area contributed by atoms with Gasteiger partial charge in [-0.15, -0.1) is 0 Å². The van der Waals surface area contributed by atoms with Crippen molar-refractivity contribution in [2.45, 2.75) is 39.0 Å². The molecule has 0 spiro atoms. The Bertz CT molecular complexity index is 383. The molecule has 3 heteroatoms. The number of aromatic nitrogens is 2. The van der Waals surface area contributed by atoms with E-state index in [-0.39, 0.29) is 5.56 Å². The molecule has 76 valence electrons. The first-order valence-electron chi connectivity index (χ1n) is 5.31. The van der Waals surface area contributed by atoms with Crippen LogP contribution in [0.1, 0.15) is 44.1 Å². The predicted octanol–water partition coefficient (Wildman–Crippen LogP) is 1.85. The maximum atomic E-state index is 11.3. The van der Waals surface area contributed by atoms with Crippen LogP contribution in [0.3, 0.4) is 0 Å². The zero-order valence-corrected chi connectivity index (χ0v) is 8.71. The van der Waals surface area contributed by atoms with Crippen LogP contribution in [0.4, 0.5) is 0 Å². The number of hydrogen-bond donors (Lipinski definition) is 1. The fourth-order valence-corrected chi connectivity index (χ4v) is 1.79. The lowest BCUT2D eigenvalue weighted by molar-refractivity contribution is 0.790. The second-order valence-electron chi connectivity index (χ2n) is 4.19. The molecule has 0 amide bonds. The third kappa shape index (κ3) is 1.86. The van der Waals surface area contributed by atoms with Gasteiger partial charge >= 0.3 is 0 Å². The summed E-state index contributed by atoms with van der Waals surface area (Å²) in [5.74, 6) is 2.09. The lowest BCUT2D eigenvalue weighted by atomic mass is 10.2. The minimum Gasteiger partial charge on any atom is -0.310 e. The van der Waals surface area contributed by atoms with Crippen LogP contribution in [-0.2, 0) is 6.42 Å². The maximum Gasteiger partial charge on any atom is 0.251 e. The van der Waals surface area contributed by atoms with Crippen LogP contribution in [-0.4, -0.2) is 9.97 Å². The van der Waals surface area contributed by atoms with Gasteiger partial charge in [0.15, 0.2) is 0 Å². The fourth-order valence-electron chi connectivity index (χ4n) is 1.79. The highest BCUT2D eigenvalue weighted by atomic mass is 16.1. The molecule has 3 nitrogen and oxygen atoms in total. The number of aryl methyl sites for hydroxylation is 1. The Morgan fingerprint density at radius 1 is 1.64 bits per heavy atom. The maximum absolute atomic E-state index is 11.3. The number of aromatic amines is 1. The Balaban J connectivity index is 2.27. The fraction of sp³-hybridized carbons (Fsp3) is 0.636. The Morgan fingerprint density at radius 2 is 2.36 bits per heavy atom. The molecular formula is C11H16N2O. The Hall–Kier alpha value is -1.12. The second-order valence-corrected chi connectivity index (χ2v) is 4.19. The molecule has 1 N–H and O–H groups in total. The van der Waals surface area contributed by atoms with E-state index in [0.29, 0.717) is 11.8 Å². The normalized spacial score (nSPS) is 25.0. The minimum atomic E-state index is -0.00227. The number of H-pyrrole nitrogens is 1. The molecule has 2 atom stereocenters. The molecule has 14 heavy (non-hydrogen) atoms. The summed E-state index contributed by atoms with van der Waals surface area (Å²) in [6.45, 7) is 4.29. The SMILES string of the molecule is CCCc1cc(=O)[nH]c(C2CC2C)n1. The second kappa shape index (κ2) is 3.56. The van der Waals surface area contributed by atoms with Crippen molar-refractivity contribution in [2.24, 2.45) is 5.92 Å². The highest BCUT2D eigenvalue weighted by Gasteiger charge is 2.36. The standard InChI is InChI=1S/C11H16N2O/c1-3-4-8-6-10(14)13-11(12-8)9-5-7(9)2/h6-7,9H,3-5H2,1-2H3,(H,12,13,14). The summed E-state index contributed by atoms with van der Waals surface area (Å²) >= 11 is 0. The van der Waals surface area contributed by atoms with Crippen LogP contribution < -0.4 is 5.56 Å². The monoisotopic (exact) mass is 192 g/mol. The Labute approximate surface area is 83.6 Å². The van der Waals surface area contributed by atoms with Gasteiger partial charge < -0.3 is 4.98 Å². The zero-order valence-electron chi connectivity index (χ0n) is 8.71. The van der Waals surface area contributed by atoms with Gasteiger partial charge in [0, 0.05) is 17.7 Å². The quantitative estimate of drug-likeness (QED) is 0.794.